The molecule has 4 nitrogen and oxygen atoms in total. The first-order valence-electron chi connectivity index (χ1n) is 5.42. The summed E-state index contributed by atoms with van der Waals surface area (Å²) >= 11 is 7.92. The van der Waals surface area contributed by atoms with E-state index in [9.17, 15) is 9.90 Å². The number of nitriles is 1. The number of halogens is 2. The third kappa shape index (κ3) is 3.03. The predicted molar refractivity (Wildman–Crippen MR) is 82.4 cm³/mol. The lowest BCUT2D eigenvalue weighted by atomic mass is 10.2. The molecule has 6 heteroatoms. The van der Waals surface area contributed by atoms with E-state index in [0.29, 0.717) is 0 Å². The van der Waals surface area contributed by atoms with Crippen LogP contribution in [0.4, 0.5) is 0 Å². The van der Waals surface area contributed by atoms with Gasteiger partial charge >= 0.3 is 5.97 Å². The molecule has 0 unspecified atom stereocenters. The van der Waals surface area contributed by atoms with Crippen LogP contribution in [0.3, 0.4) is 0 Å². The SMILES string of the molecule is N#Cc1c(Cl)cccc1Oc1ccc(I)cc1C(=O)O. The van der Waals surface area contributed by atoms with Crippen LogP contribution in [0.25, 0.3) is 0 Å². The number of ether oxygens (including phenoxy) is 1. The van der Waals surface area contributed by atoms with E-state index in [4.69, 9.17) is 21.6 Å². The molecule has 0 radical (unpaired) electrons. The summed E-state index contributed by atoms with van der Waals surface area (Å²) in [6, 6.07) is 11.5. The highest BCUT2D eigenvalue weighted by molar-refractivity contribution is 14.1. The zero-order valence-electron chi connectivity index (χ0n) is 9.93. The van der Waals surface area contributed by atoms with E-state index in [2.05, 4.69) is 0 Å². The number of nitrogens with zero attached hydrogens (tertiary/aromatic N) is 1. The first-order chi connectivity index (χ1) is 9.52. The Morgan fingerprint density at radius 2 is 2.05 bits per heavy atom. The van der Waals surface area contributed by atoms with Crippen molar-refractivity contribution in [1.82, 2.24) is 0 Å². The van der Waals surface area contributed by atoms with E-state index in [1.807, 2.05) is 28.7 Å². The summed E-state index contributed by atoms with van der Waals surface area (Å²) in [6.45, 7) is 0. The fourth-order valence-electron chi connectivity index (χ4n) is 1.57. The van der Waals surface area contributed by atoms with Crippen molar-refractivity contribution in [1.29, 1.82) is 5.26 Å². The molecule has 0 aliphatic carbocycles. The van der Waals surface area contributed by atoms with Crippen LogP contribution in [0.5, 0.6) is 11.5 Å². The quantitative estimate of drug-likeness (QED) is 0.781. The van der Waals surface area contributed by atoms with Gasteiger partial charge in [-0.15, -0.1) is 0 Å². The van der Waals surface area contributed by atoms with E-state index >= 15 is 0 Å². The van der Waals surface area contributed by atoms with Crippen molar-refractivity contribution in [3.05, 3.63) is 56.1 Å². The summed E-state index contributed by atoms with van der Waals surface area (Å²) < 4.78 is 6.31. The van der Waals surface area contributed by atoms with Gasteiger partial charge in [-0.2, -0.15) is 5.26 Å². The van der Waals surface area contributed by atoms with Gasteiger partial charge in [-0.05, 0) is 52.9 Å². The maximum absolute atomic E-state index is 11.2. The van der Waals surface area contributed by atoms with E-state index in [1.54, 1.807) is 30.3 Å². The maximum Gasteiger partial charge on any atom is 0.339 e. The van der Waals surface area contributed by atoms with Crippen LogP contribution in [0.2, 0.25) is 5.02 Å². The molecule has 0 atom stereocenters. The third-order valence-corrected chi connectivity index (χ3v) is 3.47. The Bertz CT molecular complexity index is 725. The summed E-state index contributed by atoms with van der Waals surface area (Å²) in [5, 5.41) is 18.5. The van der Waals surface area contributed by atoms with Gasteiger partial charge in [-0.3, -0.25) is 0 Å². The zero-order chi connectivity index (χ0) is 14.7. The van der Waals surface area contributed by atoms with E-state index < -0.39 is 5.97 Å². The van der Waals surface area contributed by atoms with Crippen LogP contribution >= 0.6 is 34.2 Å². The Balaban J connectivity index is 2.49. The number of rotatable bonds is 3. The molecule has 0 spiro atoms. The van der Waals surface area contributed by atoms with Crippen molar-refractivity contribution >= 4 is 40.2 Å². The molecule has 20 heavy (non-hydrogen) atoms. The van der Waals surface area contributed by atoms with Gasteiger partial charge in [0.05, 0.1) is 5.02 Å². The van der Waals surface area contributed by atoms with Crippen molar-refractivity contribution in [3.8, 4) is 17.6 Å². The van der Waals surface area contributed by atoms with Gasteiger partial charge in [-0.1, -0.05) is 17.7 Å². The minimum Gasteiger partial charge on any atom is -0.478 e. The first-order valence-corrected chi connectivity index (χ1v) is 6.88. The average Bonchev–Trinajstić information content (AvgIpc) is 2.41. The Kier molecular flexibility index (Phi) is 4.47. The molecular weight excluding hydrogens is 393 g/mol. The van der Waals surface area contributed by atoms with E-state index in [1.165, 1.54) is 6.07 Å². The van der Waals surface area contributed by atoms with Crippen molar-refractivity contribution in [2.24, 2.45) is 0 Å². The van der Waals surface area contributed by atoms with Crippen LogP contribution < -0.4 is 4.74 Å². The third-order valence-electron chi connectivity index (χ3n) is 2.48. The Morgan fingerprint density at radius 3 is 2.70 bits per heavy atom. The zero-order valence-corrected chi connectivity index (χ0v) is 12.8. The second-order valence-electron chi connectivity index (χ2n) is 3.77. The fourth-order valence-corrected chi connectivity index (χ4v) is 2.27. The average molecular weight is 400 g/mol. The number of hydrogen-bond donors (Lipinski definition) is 1. The number of carbonyl (C=O) groups is 1. The smallest absolute Gasteiger partial charge is 0.339 e. The molecule has 0 amide bonds. The van der Waals surface area contributed by atoms with Gasteiger partial charge in [0.25, 0.3) is 0 Å². The Morgan fingerprint density at radius 1 is 1.30 bits per heavy atom. The summed E-state index contributed by atoms with van der Waals surface area (Å²) in [6.07, 6.45) is 0. The number of benzene rings is 2. The van der Waals surface area contributed by atoms with Crippen molar-refractivity contribution in [2.75, 3.05) is 0 Å². The monoisotopic (exact) mass is 399 g/mol. The molecule has 0 saturated heterocycles. The van der Waals surface area contributed by atoms with Crippen LogP contribution in [0.1, 0.15) is 15.9 Å². The topological polar surface area (TPSA) is 70.3 Å². The largest absolute Gasteiger partial charge is 0.478 e. The number of hydrogen-bond acceptors (Lipinski definition) is 3. The Labute approximate surface area is 133 Å². The lowest BCUT2D eigenvalue weighted by Gasteiger charge is -2.11. The lowest BCUT2D eigenvalue weighted by Crippen LogP contribution is -2.01. The van der Waals surface area contributed by atoms with Crippen molar-refractivity contribution in [3.63, 3.8) is 0 Å². The molecule has 2 aromatic carbocycles. The summed E-state index contributed by atoms with van der Waals surface area (Å²) in [5.41, 5.74) is 0.199. The van der Waals surface area contributed by atoms with Crippen LogP contribution in [-0.4, -0.2) is 11.1 Å². The van der Waals surface area contributed by atoms with Crippen molar-refractivity contribution in [2.45, 2.75) is 0 Å². The molecule has 0 aliphatic heterocycles. The molecule has 0 saturated carbocycles. The molecule has 0 bridgehead atoms. The molecule has 0 heterocycles. The molecule has 0 aromatic heterocycles. The molecule has 100 valence electrons. The highest BCUT2D eigenvalue weighted by Gasteiger charge is 2.15. The van der Waals surface area contributed by atoms with Gasteiger partial charge in [-0.25, -0.2) is 4.79 Å². The Hall–Kier alpha value is -1.78. The minimum absolute atomic E-state index is 0.0285. The number of carboxylic acids is 1. The molecule has 0 aliphatic rings. The van der Waals surface area contributed by atoms with Gasteiger partial charge < -0.3 is 9.84 Å². The van der Waals surface area contributed by atoms with Crippen molar-refractivity contribution < 1.29 is 14.6 Å². The second-order valence-corrected chi connectivity index (χ2v) is 5.43. The number of aromatic carboxylic acids is 1. The number of carboxylic acid groups (broad SMARTS) is 1. The fraction of sp³-hybridized carbons (Fsp3) is 0. The standard InChI is InChI=1S/C14H7ClINO3/c15-11-2-1-3-12(10(11)7-17)20-13-5-4-8(16)6-9(13)14(18)19/h1-6H,(H,18,19). The minimum atomic E-state index is -1.10. The summed E-state index contributed by atoms with van der Waals surface area (Å²) in [7, 11) is 0. The van der Waals surface area contributed by atoms with Gasteiger partial charge in [0.2, 0.25) is 0 Å². The maximum atomic E-state index is 11.2. The van der Waals surface area contributed by atoms with Crippen LogP contribution in [0.15, 0.2) is 36.4 Å². The summed E-state index contributed by atoms with van der Waals surface area (Å²) in [5.74, 6) is -0.709. The normalized spacial score (nSPS) is 9.85. The molecule has 0 fully saturated rings. The van der Waals surface area contributed by atoms with Gasteiger partial charge in [0, 0.05) is 3.57 Å². The van der Waals surface area contributed by atoms with Crippen LogP contribution in [-0.2, 0) is 0 Å². The second kappa shape index (κ2) is 6.11. The summed E-state index contributed by atoms with van der Waals surface area (Å²) in [4.78, 5) is 11.2. The lowest BCUT2D eigenvalue weighted by molar-refractivity contribution is 0.0694. The van der Waals surface area contributed by atoms with E-state index in [-0.39, 0.29) is 27.6 Å². The molecule has 2 rings (SSSR count). The van der Waals surface area contributed by atoms with Gasteiger partial charge in [0.1, 0.15) is 28.7 Å². The first kappa shape index (κ1) is 14.6. The molecule has 1 N–H and O–H groups in total. The predicted octanol–water partition coefficient (Wildman–Crippen LogP) is 4.31. The molecular formula is C14H7ClINO3. The van der Waals surface area contributed by atoms with E-state index in [0.717, 1.165) is 3.57 Å². The molecule has 2 aromatic rings. The van der Waals surface area contributed by atoms with Gasteiger partial charge in [0.15, 0.2) is 0 Å². The van der Waals surface area contributed by atoms with Crippen LogP contribution in [0, 0.1) is 14.9 Å². The highest BCUT2D eigenvalue weighted by Crippen LogP contribution is 2.32. The highest BCUT2D eigenvalue weighted by atomic mass is 127.